The molecule has 26 heavy (non-hydrogen) atoms. The SMILES string of the molecule is CCCN(C)Cc1cn[nH]c1-c1cc(OCCOC)cc(C(F)(F)F)c1. The van der Waals surface area contributed by atoms with Gasteiger partial charge in [0.25, 0.3) is 0 Å². The van der Waals surface area contributed by atoms with Crippen LogP contribution >= 0.6 is 0 Å². The highest BCUT2D eigenvalue weighted by Gasteiger charge is 2.32. The highest BCUT2D eigenvalue weighted by atomic mass is 19.4. The van der Waals surface area contributed by atoms with Crippen molar-refractivity contribution in [2.75, 3.05) is 33.9 Å². The molecule has 0 saturated heterocycles. The van der Waals surface area contributed by atoms with Gasteiger partial charge >= 0.3 is 6.18 Å². The predicted octanol–water partition coefficient (Wildman–Crippen LogP) is 3.96. The molecule has 0 aliphatic rings. The molecule has 0 fully saturated rings. The summed E-state index contributed by atoms with van der Waals surface area (Å²) in [5, 5.41) is 6.83. The lowest BCUT2D eigenvalue weighted by atomic mass is 10.0. The molecule has 0 aliphatic carbocycles. The average Bonchev–Trinajstić information content (AvgIpc) is 3.02. The zero-order valence-corrected chi connectivity index (χ0v) is 15.2. The minimum absolute atomic E-state index is 0.148. The number of alkyl halides is 3. The van der Waals surface area contributed by atoms with Crippen LogP contribution in [0.2, 0.25) is 0 Å². The number of H-pyrrole nitrogens is 1. The first kappa shape index (κ1) is 20.3. The van der Waals surface area contributed by atoms with E-state index in [1.165, 1.54) is 7.11 Å². The second kappa shape index (κ2) is 9.05. The minimum Gasteiger partial charge on any atom is -0.491 e. The Labute approximate surface area is 151 Å². The molecule has 2 aromatic rings. The van der Waals surface area contributed by atoms with E-state index >= 15 is 0 Å². The van der Waals surface area contributed by atoms with Crippen LogP contribution in [0.4, 0.5) is 13.2 Å². The Bertz CT molecular complexity index is 701. The van der Waals surface area contributed by atoms with Crippen molar-refractivity contribution in [3.8, 4) is 17.0 Å². The number of nitrogens with one attached hydrogen (secondary N) is 1. The number of aromatic amines is 1. The largest absolute Gasteiger partial charge is 0.491 e. The van der Waals surface area contributed by atoms with Gasteiger partial charge in [-0.15, -0.1) is 0 Å². The van der Waals surface area contributed by atoms with E-state index in [4.69, 9.17) is 9.47 Å². The van der Waals surface area contributed by atoms with Crippen molar-refractivity contribution in [2.24, 2.45) is 0 Å². The highest BCUT2D eigenvalue weighted by molar-refractivity contribution is 5.65. The highest BCUT2D eigenvalue weighted by Crippen LogP contribution is 2.36. The van der Waals surface area contributed by atoms with Crippen molar-refractivity contribution in [2.45, 2.75) is 26.1 Å². The Morgan fingerprint density at radius 1 is 1.19 bits per heavy atom. The molecule has 0 radical (unpaired) electrons. The van der Waals surface area contributed by atoms with Crippen LogP contribution in [-0.2, 0) is 17.5 Å². The van der Waals surface area contributed by atoms with Crippen LogP contribution in [0.5, 0.6) is 5.75 Å². The van der Waals surface area contributed by atoms with E-state index in [1.807, 2.05) is 7.05 Å². The van der Waals surface area contributed by atoms with Crippen molar-refractivity contribution in [1.82, 2.24) is 15.1 Å². The predicted molar refractivity (Wildman–Crippen MR) is 93.0 cm³/mol. The molecular weight excluding hydrogens is 347 g/mol. The molecule has 1 N–H and O–H groups in total. The van der Waals surface area contributed by atoms with Crippen LogP contribution in [0, 0.1) is 0 Å². The summed E-state index contributed by atoms with van der Waals surface area (Å²) in [6.07, 6.45) is -1.83. The number of aromatic nitrogens is 2. The fourth-order valence-corrected chi connectivity index (χ4v) is 2.67. The van der Waals surface area contributed by atoms with Crippen LogP contribution < -0.4 is 4.74 Å². The van der Waals surface area contributed by atoms with Gasteiger partial charge in [0.15, 0.2) is 0 Å². The molecular formula is C18H24F3N3O2. The maximum absolute atomic E-state index is 13.3. The molecule has 0 spiro atoms. The smallest absolute Gasteiger partial charge is 0.416 e. The van der Waals surface area contributed by atoms with Crippen molar-refractivity contribution in [3.05, 3.63) is 35.5 Å². The normalized spacial score (nSPS) is 12.0. The summed E-state index contributed by atoms with van der Waals surface area (Å²) in [5.74, 6) is 0.148. The summed E-state index contributed by atoms with van der Waals surface area (Å²) in [7, 11) is 3.47. The van der Waals surface area contributed by atoms with Crippen molar-refractivity contribution < 1.29 is 22.6 Å². The van der Waals surface area contributed by atoms with Crippen LogP contribution in [0.15, 0.2) is 24.4 Å². The number of benzene rings is 1. The van der Waals surface area contributed by atoms with Gasteiger partial charge < -0.3 is 14.4 Å². The van der Waals surface area contributed by atoms with E-state index in [1.54, 1.807) is 12.3 Å². The van der Waals surface area contributed by atoms with Gasteiger partial charge in [-0.1, -0.05) is 6.92 Å². The molecule has 0 aliphatic heterocycles. The van der Waals surface area contributed by atoms with E-state index in [0.717, 1.165) is 30.7 Å². The van der Waals surface area contributed by atoms with Gasteiger partial charge in [0.1, 0.15) is 12.4 Å². The lowest BCUT2D eigenvalue weighted by molar-refractivity contribution is -0.137. The Kier molecular flexibility index (Phi) is 7.05. The quantitative estimate of drug-likeness (QED) is 0.678. The lowest BCUT2D eigenvalue weighted by Crippen LogP contribution is -2.18. The monoisotopic (exact) mass is 371 g/mol. The van der Waals surface area contributed by atoms with Gasteiger partial charge in [0, 0.05) is 24.8 Å². The molecule has 144 valence electrons. The van der Waals surface area contributed by atoms with E-state index in [2.05, 4.69) is 22.0 Å². The van der Waals surface area contributed by atoms with Gasteiger partial charge in [0.2, 0.25) is 0 Å². The standard InChI is InChI=1S/C18H24F3N3O2/c1-4-5-24(2)12-14-11-22-23-17(14)13-8-15(18(19,20)21)10-16(9-13)26-7-6-25-3/h8-11H,4-7,12H2,1-3H3,(H,22,23). The van der Waals surface area contributed by atoms with Crippen LogP contribution in [-0.4, -0.2) is 49.0 Å². The first-order valence-corrected chi connectivity index (χ1v) is 8.40. The Balaban J connectivity index is 2.36. The third-order valence-corrected chi connectivity index (χ3v) is 3.84. The van der Waals surface area contributed by atoms with Gasteiger partial charge in [-0.05, 0) is 38.2 Å². The summed E-state index contributed by atoms with van der Waals surface area (Å²) in [5.41, 5.74) is 1.04. The van der Waals surface area contributed by atoms with E-state index in [9.17, 15) is 13.2 Å². The second-order valence-electron chi connectivity index (χ2n) is 6.09. The first-order valence-electron chi connectivity index (χ1n) is 8.40. The number of methoxy groups -OCH3 is 1. The number of rotatable bonds is 9. The van der Waals surface area contributed by atoms with Gasteiger partial charge in [-0.3, -0.25) is 5.10 Å². The fraction of sp³-hybridized carbons (Fsp3) is 0.500. The Morgan fingerprint density at radius 3 is 2.62 bits per heavy atom. The van der Waals surface area contributed by atoms with Gasteiger partial charge in [0.05, 0.1) is 24.1 Å². The van der Waals surface area contributed by atoms with Crippen molar-refractivity contribution in [3.63, 3.8) is 0 Å². The fourth-order valence-electron chi connectivity index (χ4n) is 2.67. The molecule has 1 aromatic carbocycles. The maximum Gasteiger partial charge on any atom is 0.416 e. The lowest BCUT2D eigenvalue weighted by Gasteiger charge is -2.16. The van der Waals surface area contributed by atoms with Crippen LogP contribution in [0.3, 0.4) is 0 Å². The molecule has 1 aromatic heterocycles. The first-order chi connectivity index (χ1) is 12.3. The van der Waals surface area contributed by atoms with E-state index in [-0.39, 0.29) is 12.4 Å². The number of halogens is 3. The molecule has 0 saturated carbocycles. The summed E-state index contributed by atoms with van der Waals surface area (Å²) in [6, 6.07) is 3.69. The zero-order valence-electron chi connectivity index (χ0n) is 15.2. The van der Waals surface area contributed by atoms with Crippen molar-refractivity contribution >= 4 is 0 Å². The van der Waals surface area contributed by atoms with Crippen molar-refractivity contribution in [1.29, 1.82) is 0 Å². The molecule has 0 atom stereocenters. The number of nitrogens with zero attached hydrogens (tertiary/aromatic N) is 2. The van der Waals surface area contributed by atoms with E-state index < -0.39 is 11.7 Å². The average molecular weight is 371 g/mol. The molecule has 2 rings (SSSR count). The number of hydrogen-bond donors (Lipinski definition) is 1. The van der Waals surface area contributed by atoms with Crippen LogP contribution in [0.25, 0.3) is 11.3 Å². The minimum atomic E-state index is -4.46. The number of ether oxygens (including phenoxy) is 2. The third-order valence-electron chi connectivity index (χ3n) is 3.84. The summed E-state index contributed by atoms with van der Waals surface area (Å²) >= 11 is 0. The Hall–Kier alpha value is -2.06. The van der Waals surface area contributed by atoms with Crippen LogP contribution in [0.1, 0.15) is 24.5 Å². The Morgan fingerprint density at radius 2 is 1.96 bits per heavy atom. The molecule has 0 bridgehead atoms. The molecule has 5 nitrogen and oxygen atoms in total. The van der Waals surface area contributed by atoms with Gasteiger partial charge in [-0.2, -0.15) is 18.3 Å². The van der Waals surface area contributed by atoms with Gasteiger partial charge in [-0.25, -0.2) is 0 Å². The third kappa shape index (κ3) is 5.47. The topological polar surface area (TPSA) is 50.4 Å². The molecule has 0 amide bonds. The molecule has 1 heterocycles. The maximum atomic E-state index is 13.3. The summed E-state index contributed by atoms with van der Waals surface area (Å²) in [4.78, 5) is 2.10. The van der Waals surface area contributed by atoms with E-state index in [0.29, 0.717) is 24.4 Å². The molecule has 0 unspecified atom stereocenters. The second-order valence-corrected chi connectivity index (χ2v) is 6.09. The molecule has 8 heteroatoms. The summed E-state index contributed by atoms with van der Waals surface area (Å²) < 4.78 is 50.1. The number of hydrogen-bond acceptors (Lipinski definition) is 4. The summed E-state index contributed by atoms with van der Waals surface area (Å²) in [6.45, 7) is 4.02. The zero-order chi connectivity index (χ0) is 19.2.